The summed E-state index contributed by atoms with van der Waals surface area (Å²) in [5.74, 6) is -0.0365. The van der Waals surface area contributed by atoms with Crippen molar-refractivity contribution in [3.05, 3.63) is 57.9 Å². The number of benzene rings is 1. The van der Waals surface area contributed by atoms with Crippen LogP contribution in [0.15, 0.2) is 47.5 Å². The summed E-state index contributed by atoms with van der Waals surface area (Å²) in [4.78, 5) is 13.4. The van der Waals surface area contributed by atoms with Crippen LogP contribution in [0.2, 0.25) is 5.15 Å². The van der Waals surface area contributed by atoms with Crippen molar-refractivity contribution >= 4 is 27.4 Å². The molecule has 0 radical (unpaired) electrons. The Labute approximate surface area is 119 Å². The molecule has 104 valence electrons. The minimum Gasteiger partial charge on any atom is -0.379 e. The molecule has 0 aliphatic heterocycles. The Morgan fingerprint density at radius 1 is 1.15 bits per heavy atom. The third-order valence-corrected chi connectivity index (χ3v) is 3.70. The van der Waals surface area contributed by atoms with E-state index in [1.807, 2.05) is 0 Å². The first-order valence-electron chi connectivity index (χ1n) is 5.19. The van der Waals surface area contributed by atoms with Gasteiger partial charge in [-0.15, -0.1) is 0 Å². The molecule has 0 saturated carbocycles. The Morgan fingerprint density at radius 3 is 2.30 bits per heavy atom. The first-order chi connectivity index (χ1) is 9.38. The molecule has 1 heterocycles. The summed E-state index contributed by atoms with van der Waals surface area (Å²) < 4.78 is 28.6. The van der Waals surface area contributed by atoms with Crippen molar-refractivity contribution in [1.29, 1.82) is 0 Å². The van der Waals surface area contributed by atoms with E-state index in [1.165, 1.54) is 24.3 Å². The molecule has 0 saturated heterocycles. The van der Waals surface area contributed by atoms with Crippen molar-refractivity contribution in [3.8, 4) is 5.75 Å². The molecule has 2 rings (SSSR count). The molecular weight excluding hydrogens is 308 g/mol. The van der Waals surface area contributed by atoms with Crippen LogP contribution in [0.1, 0.15) is 0 Å². The van der Waals surface area contributed by atoms with Gasteiger partial charge in [-0.1, -0.05) is 11.6 Å². The van der Waals surface area contributed by atoms with E-state index < -0.39 is 15.0 Å². The molecule has 0 amide bonds. The van der Waals surface area contributed by atoms with Crippen LogP contribution in [-0.2, 0) is 10.1 Å². The predicted octanol–water partition coefficient (Wildman–Crippen LogP) is 2.41. The van der Waals surface area contributed by atoms with Gasteiger partial charge in [0.2, 0.25) is 0 Å². The standard InChI is InChI=1S/C11H7ClN2O5S/c12-11-6-5-10(7-13-11)20(17,18)19-9-3-1-8(2-4-9)14(15)16/h1-7H. The fraction of sp³-hybridized carbons (Fsp3) is 0. The van der Waals surface area contributed by atoms with E-state index in [2.05, 4.69) is 4.98 Å². The van der Waals surface area contributed by atoms with Crippen molar-refractivity contribution < 1.29 is 17.5 Å². The summed E-state index contributed by atoms with van der Waals surface area (Å²) in [6.45, 7) is 0. The van der Waals surface area contributed by atoms with E-state index in [0.717, 1.165) is 18.3 Å². The molecule has 0 spiro atoms. The quantitative estimate of drug-likeness (QED) is 0.372. The van der Waals surface area contributed by atoms with E-state index in [9.17, 15) is 18.5 Å². The number of hydrogen-bond donors (Lipinski definition) is 0. The summed E-state index contributed by atoms with van der Waals surface area (Å²) in [5.41, 5.74) is -0.164. The van der Waals surface area contributed by atoms with Crippen molar-refractivity contribution in [2.45, 2.75) is 4.90 Å². The zero-order valence-corrected chi connectivity index (χ0v) is 11.3. The van der Waals surface area contributed by atoms with E-state index >= 15 is 0 Å². The van der Waals surface area contributed by atoms with Crippen molar-refractivity contribution in [2.24, 2.45) is 0 Å². The zero-order valence-electron chi connectivity index (χ0n) is 9.76. The highest BCUT2D eigenvalue weighted by atomic mass is 35.5. The van der Waals surface area contributed by atoms with Gasteiger partial charge < -0.3 is 4.18 Å². The van der Waals surface area contributed by atoms with Gasteiger partial charge in [-0.25, -0.2) is 4.98 Å². The lowest BCUT2D eigenvalue weighted by molar-refractivity contribution is -0.384. The molecule has 0 aliphatic rings. The topological polar surface area (TPSA) is 99.4 Å². The number of non-ortho nitro benzene ring substituents is 1. The largest absolute Gasteiger partial charge is 0.379 e. The first kappa shape index (κ1) is 14.2. The Morgan fingerprint density at radius 2 is 1.80 bits per heavy atom. The Hall–Kier alpha value is -2.19. The number of hydrogen-bond acceptors (Lipinski definition) is 6. The predicted molar refractivity (Wildman–Crippen MR) is 70.2 cm³/mol. The van der Waals surface area contributed by atoms with Gasteiger partial charge in [0.15, 0.2) is 0 Å². The number of nitro groups is 1. The van der Waals surface area contributed by atoms with E-state index in [0.29, 0.717) is 0 Å². The fourth-order valence-electron chi connectivity index (χ4n) is 1.31. The normalized spacial score (nSPS) is 11.1. The third kappa shape index (κ3) is 3.22. The Bertz CT molecular complexity index is 728. The lowest BCUT2D eigenvalue weighted by Gasteiger charge is -2.06. The third-order valence-electron chi connectivity index (χ3n) is 2.24. The molecule has 0 aliphatic carbocycles. The van der Waals surface area contributed by atoms with Gasteiger partial charge in [0.1, 0.15) is 15.8 Å². The highest BCUT2D eigenvalue weighted by Gasteiger charge is 2.17. The SMILES string of the molecule is O=[N+]([O-])c1ccc(OS(=O)(=O)c2ccc(Cl)nc2)cc1. The average Bonchev–Trinajstić information content (AvgIpc) is 2.39. The van der Waals surface area contributed by atoms with Crippen molar-refractivity contribution in [3.63, 3.8) is 0 Å². The maximum atomic E-state index is 11.9. The summed E-state index contributed by atoms with van der Waals surface area (Å²) in [7, 11) is -4.05. The second kappa shape index (κ2) is 5.43. The van der Waals surface area contributed by atoms with Gasteiger partial charge in [-0.2, -0.15) is 8.42 Å². The molecule has 9 heteroatoms. The second-order valence-electron chi connectivity index (χ2n) is 3.61. The number of halogens is 1. The van der Waals surface area contributed by atoms with E-state index in [1.54, 1.807) is 0 Å². The second-order valence-corrected chi connectivity index (χ2v) is 5.54. The first-order valence-corrected chi connectivity index (χ1v) is 6.97. The molecule has 20 heavy (non-hydrogen) atoms. The molecule has 1 aromatic carbocycles. The molecule has 1 aromatic heterocycles. The maximum Gasteiger partial charge on any atom is 0.340 e. The minimum absolute atomic E-state index is 0.0365. The van der Waals surface area contributed by atoms with Gasteiger partial charge in [-0.05, 0) is 24.3 Å². The average molecular weight is 315 g/mol. The Balaban J connectivity index is 2.24. The van der Waals surface area contributed by atoms with Crippen molar-refractivity contribution in [2.75, 3.05) is 0 Å². The van der Waals surface area contributed by atoms with Gasteiger partial charge in [0.25, 0.3) is 5.69 Å². The van der Waals surface area contributed by atoms with E-state index in [-0.39, 0.29) is 21.5 Å². The lowest BCUT2D eigenvalue weighted by atomic mass is 10.3. The number of pyridine rings is 1. The molecule has 0 N–H and O–H groups in total. The number of rotatable bonds is 4. The summed E-state index contributed by atoms with van der Waals surface area (Å²) >= 11 is 5.56. The lowest BCUT2D eigenvalue weighted by Crippen LogP contribution is -2.10. The molecule has 0 unspecified atom stereocenters. The minimum atomic E-state index is -4.05. The van der Waals surface area contributed by atoms with Crippen LogP contribution in [0.3, 0.4) is 0 Å². The van der Waals surface area contributed by atoms with Crippen LogP contribution in [-0.4, -0.2) is 18.3 Å². The van der Waals surface area contributed by atoms with Crippen molar-refractivity contribution in [1.82, 2.24) is 4.98 Å². The van der Waals surface area contributed by atoms with Crippen LogP contribution >= 0.6 is 11.6 Å². The molecule has 0 atom stereocenters. The Kier molecular flexibility index (Phi) is 3.86. The smallest absolute Gasteiger partial charge is 0.340 e. The maximum absolute atomic E-state index is 11.9. The fourth-order valence-corrected chi connectivity index (χ4v) is 2.30. The van der Waals surface area contributed by atoms with Gasteiger partial charge in [0.05, 0.1) is 11.1 Å². The molecule has 0 bridgehead atoms. The highest BCUT2D eigenvalue weighted by molar-refractivity contribution is 7.87. The monoisotopic (exact) mass is 314 g/mol. The number of nitrogens with zero attached hydrogens (tertiary/aromatic N) is 2. The summed E-state index contributed by atoms with van der Waals surface area (Å²) in [5, 5.41) is 10.6. The molecular formula is C11H7ClN2O5S. The van der Waals surface area contributed by atoms with Crippen LogP contribution in [0.5, 0.6) is 5.75 Å². The van der Waals surface area contributed by atoms with Crippen LogP contribution in [0.4, 0.5) is 5.69 Å². The van der Waals surface area contributed by atoms with Crippen LogP contribution in [0, 0.1) is 10.1 Å². The molecule has 7 nitrogen and oxygen atoms in total. The number of nitro benzene ring substituents is 1. The van der Waals surface area contributed by atoms with Crippen LogP contribution < -0.4 is 4.18 Å². The zero-order chi connectivity index (χ0) is 14.8. The summed E-state index contributed by atoms with van der Waals surface area (Å²) in [6.07, 6.45) is 1.06. The van der Waals surface area contributed by atoms with Gasteiger partial charge in [0, 0.05) is 12.1 Å². The number of aromatic nitrogens is 1. The van der Waals surface area contributed by atoms with Crippen LogP contribution in [0.25, 0.3) is 0 Å². The highest BCUT2D eigenvalue weighted by Crippen LogP contribution is 2.21. The van der Waals surface area contributed by atoms with E-state index in [4.69, 9.17) is 15.8 Å². The molecule has 0 fully saturated rings. The summed E-state index contributed by atoms with van der Waals surface area (Å²) in [6, 6.07) is 7.23. The van der Waals surface area contributed by atoms with Gasteiger partial charge >= 0.3 is 10.1 Å². The molecule has 2 aromatic rings. The van der Waals surface area contributed by atoms with Gasteiger partial charge in [-0.3, -0.25) is 10.1 Å².